The molecule has 3 aromatic rings. The van der Waals surface area contributed by atoms with Crippen molar-refractivity contribution in [3.63, 3.8) is 0 Å². The van der Waals surface area contributed by atoms with Gasteiger partial charge < -0.3 is 9.47 Å². The van der Waals surface area contributed by atoms with Crippen molar-refractivity contribution in [1.82, 2.24) is 9.38 Å². The molecule has 0 spiro atoms. The van der Waals surface area contributed by atoms with E-state index in [1.165, 1.54) is 23.3 Å². The molecule has 0 saturated carbocycles. The van der Waals surface area contributed by atoms with E-state index in [4.69, 9.17) is 9.47 Å². The van der Waals surface area contributed by atoms with Crippen LogP contribution in [-0.4, -0.2) is 22.0 Å². The lowest BCUT2D eigenvalue weighted by molar-refractivity contribution is 0.0467. The lowest BCUT2D eigenvalue weighted by atomic mass is 10.2. The number of carbonyl (C=O) groups is 1. The smallest absolute Gasteiger partial charge is 0.338 e. The summed E-state index contributed by atoms with van der Waals surface area (Å²) in [6.07, 6.45) is 4.59. The minimum absolute atomic E-state index is 0.0613. The highest BCUT2D eigenvalue weighted by atomic mass is 16.5. The van der Waals surface area contributed by atoms with Gasteiger partial charge >= 0.3 is 5.97 Å². The number of ether oxygens (including phenoxy) is 2. The topological polar surface area (TPSA) is 69.9 Å². The Labute approximate surface area is 170 Å². The molecule has 0 atom stereocenters. The van der Waals surface area contributed by atoms with Gasteiger partial charge in [0.15, 0.2) is 0 Å². The Bertz CT molecular complexity index is 1030. The molecule has 0 amide bonds. The van der Waals surface area contributed by atoms with Crippen molar-refractivity contribution >= 4 is 11.6 Å². The normalized spacial score (nSPS) is 10.8. The summed E-state index contributed by atoms with van der Waals surface area (Å²) in [6, 6.07) is 13.7. The number of hydrogen-bond acceptors (Lipinski definition) is 5. The van der Waals surface area contributed by atoms with Crippen LogP contribution in [0.5, 0.6) is 5.75 Å². The number of pyridine rings is 1. The number of carbonyl (C=O) groups excluding carboxylic acids is 1. The molecule has 2 aromatic heterocycles. The average Bonchev–Trinajstić information content (AvgIpc) is 2.72. The largest absolute Gasteiger partial charge is 0.494 e. The van der Waals surface area contributed by atoms with Crippen LogP contribution >= 0.6 is 0 Å². The second-order valence-electron chi connectivity index (χ2n) is 6.96. The Balaban J connectivity index is 1.57. The van der Waals surface area contributed by atoms with Crippen LogP contribution in [0.25, 0.3) is 5.65 Å². The molecular formula is C23H26N2O4. The van der Waals surface area contributed by atoms with Gasteiger partial charge in [-0.2, -0.15) is 0 Å². The maximum absolute atomic E-state index is 12.3. The highest BCUT2D eigenvalue weighted by molar-refractivity contribution is 5.89. The third kappa shape index (κ3) is 5.44. The zero-order valence-electron chi connectivity index (χ0n) is 16.9. The fourth-order valence-corrected chi connectivity index (χ4v) is 3.07. The van der Waals surface area contributed by atoms with Gasteiger partial charge in [-0.25, -0.2) is 9.78 Å². The van der Waals surface area contributed by atoms with Gasteiger partial charge in [0.25, 0.3) is 5.56 Å². The van der Waals surface area contributed by atoms with Gasteiger partial charge in [-0.3, -0.25) is 9.20 Å². The van der Waals surface area contributed by atoms with Crippen molar-refractivity contribution in [2.45, 2.75) is 46.1 Å². The van der Waals surface area contributed by atoms with Gasteiger partial charge in [-0.05, 0) is 49.7 Å². The molecule has 6 heteroatoms. The van der Waals surface area contributed by atoms with E-state index in [9.17, 15) is 9.59 Å². The van der Waals surface area contributed by atoms with E-state index < -0.39 is 5.97 Å². The number of aromatic nitrogens is 2. The van der Waals surface area contributed by atoms with Crippen LogP contribution < -0.4 is 10.3 Å². The maximum Gasteiger partial charge on any atom is 0.338 e. The quantitative estimate of drug-likeness (QED) is 0.399. The predicted octanol–water partition coefficient (Wildman–Crippen LogP) is 4.32. The van der Waals surface area contributed by atoms with Gasteiger partial charge in [0.2, 0.25) is 0 Å². The molecule has 2 heterocycles. The molecule has 0 bridgehead atoms. The molecular weight excluding hydrogens is 368 g/mol. The number of rotatable bonds is 9. The number of unbranched alkanes of at least 4 members (excludes halogenated alkanes) is 3. The lowest BCUT2D eigenvalue weighted by Crippen LogP contribution is -2.18. The first-order valence-corrected chi connectivity index (χ1v) is 9.97. The number of hydrogen-bond donors (Lipinski definition) is 0. The van der Waals surface area contributed by atoms with Crippen molar-refractivity contribution in [3.05, 3.63) is 75.8 Å². The van der Waals surface area contributed by atoms with E-state index in [1.807, 2.05) is 19.1 Å². The summed E-state index contributed by atoms with van der Waals surface area (Å²) >= 11 is 0. The summed E-state index contributed by atoms with van der Waals surface area (Å²) in [4.78, 5) is 29.0. The fourth-order valence-electron chi connectivity index (χ4n) is 3.07. The molecule has 1 aromatic carbocycles. The Hall–Kier alpha value is -3.15. The van der Waals surface area contributed by atoms with Crippen LogP contribution in [0.3, 0.4) is 0 Å². The van der Waals surface area contributed by atoms with Gasteiger partial charge in [-0.15, -0.1) is 0 Å². The summed E-state index contributed by atoms with van der Waals surface area (Å²) in [7, 11) is 0. The first kappa shape index (κ1) is 20.6. The first-order chi connectivity index (χ1) is 14.1. The molecule has 0 aliphatic rings. The number of esters is 1. The van der Waals surface area contributed by atoms with Crippen LogP contribution in [0.2, 0.25) is 0 Å². The highest BCUT2D eigenvalue weighted by Gasteiger charge is 2.10. The first-order valence-electron chi connectivity index (χ1n) is 9.97. The molecule has 3 rings (SSSR count). The maximum atomic E-state index is 12.3. The molecule has 0 radical (unpaired) electrons. The summed E-state index contributed by atoms with van der Waals surface area (Å²) in [5.74, 6) is 0.267. The lowest BCUT2D eigenvalue weighted by Gasteiger charge is -2.09. The Morgan fingerprint density at radius 2 is 1.86 bits per heavy atom. The van der Waals surface area contributed by atoms with E-state index in [1.54, 1.807) is 30.3 Å². The van der Waals surface area contributed by atoms with Crippen LogP contribution in [-0.2, 0) is 11.3 Å². The Morgan fingerprint density at radius 3 is 2.62 bits per heavy atom. The van der Waals surface area contributed by atoms with Crippen molar-refractivity contribution in [3.8, 4) is 5.75 Å². The molecule has 29 heavy (non-hydrogen) atoms. The SMILES string of the molecule is CCCCCCOc1ccc(C(=O)OCc2cc(=O)n3c(C)cccc3n2)cc1. The summed E-state index contributed by atoms with van der Waals surface area (Å²) in [6.45, 7) is 4.63. The van der Waals surface area contributed by atoms with E-state index in [0.29, 0.717) is 23.5 Å². The molecule has 0 saturated heterocycles. The summed E-state index contributed by atoms with van der Waals surface area (Å²) < 4.78 is 12.5. The standard InChI is InChI=1S/C23H26N2O4/c1-3-4-5-6-14-28-20-12-10-18(11-13-20)23(27)29-16-19-15-22(26)25-17(2)8-7-9-21(25)24-19/h7-13,15H,3-6,14,16H2,1-2H3. The van der Waals surface area contributed by atoms with Crippen LogP contribution in [0.15, 0.2) is 53.3 Å². The predicted molar refractivity (Wildman–Crippen MR) is 111 cm³/mol. The van der Waals surface area contributed by atoms with E-state index in [0.717, 1.165) is 24.3 Å². The minimum Gasteiger partial charge on any atom is -0.494 e. The summed E-state index contributed by atoms with van der Waals surface area (Å²) in [5.41, 5.74) is 1.98. The molecule has 0 N–H and O–H groups in total. The van der Waals surface area contributed by atoms with E-state index in [-0.39, 0.29) is 12.2 Å². The second-order valence-corrected chi connectivity index (χ2v) is 6.96. The monoisotopic (exact) mass is 394 g/mol. The van der Waals surface area contributed by atoms with E-state index in [2.05, 4.69) is 11.9 Å². The summed E-state index contributed by atoms with van der Waals surface area (Å²) in [5, 5.41) is 0. The van der Waals surface area contributed by atoms with Crippen molar-refractivity contribution in [1.29, 1.82) is 0 Å². The zero-order valence-corrected chi connectivity index (χ0v) is 16.9. The number of nitrogens with zero attached hydrogens (tertiary/aromatic N) is 2. The number of fused-ring (bicyclic) bond motifs is 1. The van der Waals surface area contributed by atoms with Crippen LogP contribution in [0.1, 0.15) is 54.4 Å². The molecule has 0 aliphatic heterocycles. The third-order valence-electron chi connectivity index (χ3n) is 4.64. The van der Waals surface area contributed by atoms with Gasteiger partial charge in [0.1, 0.15) is 18.0 Å². The Kier molecular flexibility index (Phi) is 7.00. The van der Waals surface area contributed by atoms with Crippen molar-refractivity contribution < 1.29 is 14.3 Å². The van der Waals surface area contributed by atoms with E-state index >= 15 is 0 Å². The van der Waals surface area contributed by atoms with Crippen LogP contribution in [0, 0.1) is 6.92 Å². The Morgan fingerprint density at radius 1 is 1.07 bits per heavy atom. The fraction of sp³-hybridized carbons (Fsp3) is 0.348. The minimum atomic E-state index is -0.467. The van der Waals surface area contributed by atoms with Gasteiger partial charge in [0.05, 0.1) is 17.9 Å². The third-order valence-corrected chi connectivity index (χ3v) is 4.64. The number of benzene rings is 1. The highest BCUT2D eigenvalue weighted by Crippen LogP contribution is 2.14. The molecule has 6 nitrogen and oxygen atoms in total. The van der Waals surface area contributed by atoms with Gasteiger partial charge in [-0.1, -0.05) is 32.3 Å². The molecule has 0 fully saturated rings. The molecule has 152 valence electrons. The van der Waals surface area contributed by atoms with Gasteiger partial charge in [0, 0.05) is 11.8 Å². The average molecular weight is 394 g/mol. The number of aryl methyl sites for hydroxylation is 1. The second kappa shape index (κ2) is 9.87. The van der Waals surface area contributed by atoms with Crippen molar-refractivity contribution in [2.75, 3.05) is 6.61 Å². The van der Waals surface area contributed by atoms with Crippen LogP contribution in [0.4, 0.5) is 0 Å². The molecule has 0 aliphatic carbocycles. The zero-order chi connectivity index (χ0) is 20.6. The molecule has 0 unspecified atom stereocenters. The van der Waals surface area contributed by atoms with Crippen molar-refractivity contribution in [2.24, 2.45) is 0 Å².